The number of rotatable bonds is 3. The molecule has 2 heterocycles. The van der Waals surface area contributed by atoms with Gasteiger partial charge in [-0.15, -0.1) is 11.3 Å². The van der Waals surface area contributed by atoms with Crippen LogP contribution in [0.3, 0.4) is 0 Å². The molecule has 1 aliphatic heterocycles. The monoisotopic (exact) mass is 402 g/mol. The average molecular weight is 402 g/mol. The summed E-state index contributed by atoms with van der Waals surface area (Å²) in [6.07, 6.45) is -4.54. The van der Waals surface area contributed by atoms with Crippen molar-refractivity contribution < 1.29 is 27.2 Å². The quantitative estimate of drug-likeness (QED) is 0.774. The molecule has 2 aromatic rings. The van der Waals surface area contributed by atoms with Gasteiger partial charge in [-0.25, -0.2) is 14.2 Å². The van der Waals surface area contributed by atoms with Gasteiger partial charge in [0.1, 0.15) is 16.9 Å². The van der Waals surface area contributed by atoms with Crippen LogP contribution in [0, 0.1) is 12.7 Å². The molecule has 144 valence electrons. The zero-order valence-corrected chi connectivity index (χ0v) is 14.7. The Balaban J connectivity index is 1.99. The molecule has 0 saturated carbocycles. The number of anilines is 1. The molecule has 1 atom stereocenters. The van der Waals surface area contributed by atoms with Crippen molar-refractivity contribution >= 4 is 28.3 Å². The van der Waals surface area contributed by atoms with Crippen LogP contribution in [0.5, 0.6) is 0 Å². The Morgan fingerprint density at radius 1 is 1.44 bits per heavy atom. The topological polar surface area (TPSA) is 88.3 Å². The van der Waals surface area contributed by atoms with Gasteiger partial charge in [0.25, 0.3) is 5.91 Å². The van der Waals surface area contributed by atoms with E-state index in [1.54, 1.807) is 6.92 Å². The third kappa shape index (κ3) is 3.87. The summed E-state index contributed by atoms with van der Waals surface area (Å²) in [7, 11) is 0. The Bertz CT molecular complexity index is 912. The third-order valence-corrected chi connectivity index (χ3v) is 5.04. The summed E-state index contributed by atoms with van der Waals surface area (Å²) in [5, 5.41) is 3.33. The maximum atomic E-state index is 14.1. The Kier molecular flexibility index (Phi) is 4.81. The molecule has 1 aliphatic rings. The number of nitrogens with one attached hydrogen (secondary N) is 1. The van der Waals surface area contributed by atoms with Gasteiger partial charge in [-0.05, 0) is 25.1 Å². The second-order valence-corrected chi connectivity index (χ2v) is 7.16. The van der Waals surface area contributed by atoms with Crippen LogP contribution in [0.25, 0.3) is 0 Å². The number of fused-ring (bicyclic) bond motifs is 1. The van der Waals surface area contributed by atoms with Crippen molar-refractivity contribution in [1.29, 1.82) is 0 Å². The fourth-order valence-electron chi connectivity index (χ4n) is 2.85. The molecule has 0 bridgehead atoms. The van der Waals surface area contributed by atoms with Gasteiger partial charge in [0.2, 0.25) is 0 Å². The minimum Gasteiger partial charge on any atom is -0.352 e. The molecule has 0 unspecified atom stereocenters. The molecule has 0 spiro atoms. The first-order chi connectivity index (χ1) is 12.6. The summed E-state index contributed by atoms with van der Waals surface area (Å²) in [4.78, 5) is 29.3. The predicted octanol–water partition coefficient (Wildman–Crippen LogP) is 2.74. The van der Waals surface area contributed by atoms with E-state index in [4.69, 9.17) is 5.73 Å². The smallest absolute Gasteiger partial charge is 0.352 e. The maximum Gasteiger partial charge on any atom is 0.416 e. The summed E-state index contributed by atoms with van der Waals surface area (Å²) in [6, 6.07) is 0.0712. The van der Waals surface area contributed by atoms with E-state index in [0.29, 0.717) is 33.9 Å². The first-order valence-corrected chi connectivity index (χ1v) is 8.57. The van der Waals surface area contributed by atoms with E-state index in [2.05, 4.69) is 10.3 Å². The third-order valence-electron chi connectivity index (χ3n) is 4.01. The van der Waals surface area contributed by atoms with Gasteiger partial charge >= 0.3 is 12.2 Å². The summed E-state index contributed by atoms with van der Waals surface area (Å²) in [5.41, 5.74) is 4.25. The van der Waals surface area contributed by atoms with Crippen molar-refractivity contribution in [3.05, 3.63) is 45.8 Å². The molecular formula is C16H14F4N4O2S. The molecule has 27 heavy (non-hydrogen) atoms. The number of thiazole rings is 1. The van der Waals surface area contributed by atoms with Crippen molar-refractivity contribution in [2.45, 2.75) is 32.1 Å². The maximum absolute atomic E-state index is 14.1. The lowest BCUT2D eigenvalue weighted by Gasteiger charge is -2.31. The number of halogens is 4. The van der Waals surface area contributed by atoms with Crippen molar-refractivity contribution in [3.8, 4) is 0 Å². The number of carbonyl (C=O) groups excluding carboxylic acids is 2. The molecule has 1 aromatic heterocycles. The number of amides is 3. The SMILES string of the molecule is Cc1nc2c(s1)N(Cc1cc(C(F)(F)F)ccc1F)C(=O)[C@H](NC(N)=O)C2. The summed E-state index contributed by atoms with van der Waals surface area (Å²) < 4.78 is 52.9. The highest BCUT2D eigenvalue weighted by atomic mass is 32.1. The van der Waals surface area contributed by atoms with E-state index in [9.17, 15) is 27.2 Å². The van der Waals surface area contributed by atoms with Gasteiger partial charge < -0.3 is 11.1 Å². The largest absolute Gasteiger partial charge is 0.416 e. The number of nitrogens with two attached hydrogens (primary N) is 1. The van der Waals surface area contributed by atoms with Gasteiger partial charge in [-0.1, -0.05) is 0 Å². The van der Waals surface area contributed by atoms with E-state index < -0.39 is 42.1 Å². The highest BCUT2D eigenvalue weighted by Crippen LogP contribution is 2.36. The van der Waals surface area contributed by atoms with Crippen LogP contribution >= 0.6 is 11.3 Å². The molecule has 0 fully saturated rings. The molecule has 6 nitrogen and oxygen atoms in total. The number of alkyl halides is 3. The van der Waals surface area contributed by atoms with Crippen LogP contribution in [-0.2, 0) is 23.9 Å². The average Bonchev–Trinajstić information content (AvgIpc) is 2.91. The fraction of sp³-hybridized carbons (Fsp3) is 0.312. The van der Waals surface area contributed by atoms with Gasteiger partial charge in [-0.3, -0.25) is 9.69 Å². The van der Waals surface area contributed by atoms with Crippen molar-refractivity contribution in [2.75, 3.05) is 4.90 Å². The first-order valence-electron chi connectivity index (χ1n) is 7.75. The summed E-state index contributed by atoms with van der Waals surface area (Å²) in [6.45, 7) is 1.27. The number of nitrogens with zero attached hydrogens (tertiary/aromatic N) is 2. The number of aryl methyl sites for hydroxylation is 1. The molecule has 1 aromatic carbocycles. The standard InChI is InChI=1S/C16H14F4N4O2S/c1-7-22-12-5-11(23-15(21)26)13(25)24(14(12)27-7)6-8-4-9(16(18,19)20)2-3-10(8)17/h2-4,11H,5-6H2,1H3,(H3,21,23,26)/t11-/m1/s1. The van der Waals surface area contributed by atoms with Crippen LogP contribution in [0.2, 0.25) is 0 Å². The van der Waals surface area contributed by atoms with Crippen LogP contribution in [0.15, 0.2) is 18.2 Å². The number of hydrogen-bond donors (Lipinski definition) is 2. The van der Waals surface area contributed by atoms with E-state index in [-0.39, 0.29) is 12.0 Å². The van der Waals surface area contributed by atoms with Crippen LogP contribution < -0.4 is 16.0 Å². The molecule has 0 aliphatic carbocycles. The van der Waals surface area contributed by atoms with E-state index in [0.717, 1.165) is 16.2 Å². The van der Waals surface area contributed by atoms with Gasteiger partial charge in [0, 0.05) is 12.0 Å². The van der Waals surface area contributed by atoms with Crippen LogP contribution in [0.1, 0.15) is 21.8 Å². The Labute approximate surface area is 155 Å². The highest BCUT2D eigenvalue weighted by Gasteiger charge is 2.37. The Morgan fingerprint density at radius 3 is 2.78 bits per heavy atom. The predicted molar refractivity (Wildman–Crippen MR) is 89.7 cm³/mol. The van der Waals surface area contributed by atoms with E-state index in [1.165, 1.54) is 0 Å². The van der Waals surface area contributed by atoms with Gasteiger partial charge in [-0.2, -0.15) is 13.2 Å². The molecule has 3 N–H and O–H groups in total. The number of hydrogen-bond acceptors (Lipinski definition) is 4. The van der Waals surface area contributed by atoms with Gasteiger partial charge in [0.15, 0.2) is 0 Å². The number of primary amides is 1. The van der Waals surface area contributed by atoms with Crippen molar-refractivity contribution in [1.82, 2.24) is 10.3 Å². The molecule has 0 radical (unpaired) electrons. The van der Waals surface area contributed by atoms with Crippen molar-refractivity contribution in [2.24, 2.45) is 5.73 Å². The molecular weight excluding hydrogens is 388 g/mol. The molecule has 0 saturated heterocycles. The minimum absolute atomic E-state index is 0.100. The number of urea groups is 1. The molecule has 3 rings (SSSR count). The van der Waals surface area contributed by atoms with E-state index >= 15 is 0 Å². The number of benzene rings is 1. The molecule has 11 heteroatoms. The lowest BCUT2D eigenvalue weighted by Crippen LogP contribution is -2.53. The first kappa shape index (κ1) is 19.1. The second kappa shape index (κ2) is 6.80. The van der Waals surface area contributed by atoms with Gasteiger partial charge in [0.05, 0.1) is 22.8 Å². The Morgan fingerprint density at radius 2 is 2.15 bits per heavy atom. The summed E-state index contributed by atoms with van der Waals surface area (Å²) >= 11 is 1.16. The zero-order chi connectivity index (χ0) is 19.9. The normalized spacial score (nSPS) is 17.0. The van der Waals surface area contributed by atoms with Crippen LogP contribution in [-0.4, -0.2) is 23.0 Å². The van der Waals surface area contributed by atoms with Crippen molar-refractivity contribution in [3.63, 3.8) is 0 Å². The Hall–Kier alpha value is -2.69. The van der Waals surface area contributed by atoms with Crippen LogP contribution in [0.4, 0.5) is 27.4 Å². The second-order valence-electron chi connectivity index (χ2n) is 5.98. The lowest BCUT2D eigenvalue weighted by molar-refractivity contribution is -0.137. The number of carbonyl (C=O) groups is 2. The lowest BCUT2D eigenvalue weighted by atomic mass is 10.0. The molecule has 3 amide bonds. The zero-order valence-electron chi connectivity index (χ0n) is 13.9. The number of aromatic nitrogens is 1. The van der Waals surface area contributed by atoms with E-state index in [1.807, 2.05) is 0 Å². The summed E-state index contributed by atoms with van der Waals surface area (Å²) in [5.74, 6) is -1.47. The fourth-order valence-corrected chi connectivity index (χ4v) is 3.80. The minimum atomic E-state index is -4.64. The highest BCUT2D eigenvalue weighted by molar-refractivity contribution is 7.16.